The van der Waals surface area contributed by atoms with Crippen molar-refractivity contribution >= 4 is 28.9 Å². The summed E-state index contributed by atoms with van der Waals surface area (Å²) < 4.78 is 6.88. The summed E-state index contributed by atoms with van der Waals surface area (Å²) >= 11 is 0. The molecule has 0 atom stereocenters. The number of amides is 1. The minimum atomic E-state index is -0.582. The van der Waals surface area contributed by atoms with Crippen LogP contribution >= 0.6 is 0 Å². The Hall–Kier alpha value is -4.24. The lowest BCUT2D eigenvalue weighted by Crippen LogP contribution is -2.45. The fourth-order valence-electron chi connectivity index (χ4n) is 4.30. The van der Waals surface area contributed by atoms with Crippen LogP contribution in [0.25, 0.3) is 5.65 Å². The molecule has 1 N–H and O–H groups in total. The number of rotatable bonds is 7. The molecule has 4 aromatic rings. The molecule has 1 aliphatic rings. The number of carbonyl (C=O) groups is 2. The largest absolute Gasteiger partial charge is 0.452 e. The minimum absolute atomic E-state index is 0.325. The van der Waals surface area contributed by atoms with Gasteiger partial charge in [-0.05, 0) is 48.9 Å². The van der Waals surface area contributed by atoms with E-state index in [1.165, 1.54) is 5.56 Å². The van der Waals surface area contributed by atoms with E-state index in [-0.39, 0.29) is 6.61 Å². The van der Waals surface area contributed by atoms with Gasteiger partial charge in [0, 0.05) is 50.3 Å². The first-order valence-corrected chi connectivity index (χ1v) is 11.9. The van der Waals surface area contributed by atoms with Crippen LogP contribution in [0, 0.1) is 6.92 Å². The van der Waals surface area contributed by atoms with E-state index in [9.17, 15) is 9.59 Å². The molecule has 0 radical (unpaired) electrons. The second-order valence-electron chi connectivity index (χ2n) is 8.81. The molecule has 1 aliphatic heterocycles. The van der Waals surface area contributed by atoms with Crippen LogP contribution in [-0.2, 0) is 16.1 Å². The van der Waals surface area contributed by atoms with E-state index in [4.69, 9.17) is 4.74 Å². The highest BCUT2D eigenvalue weighted by Gasteiger charge is 2.18. The number of hydrogen-bond acceptors (Lipinski definition) is 7. The molecule has 0 saturated carbocycles. The Morgan fingerprint density at radius 3 is 2.42 bits per heavy atom. The maximum absolute atomic E-state index is 12.4. The number of fused-ring (bicyclic) bond motifs is 1. The van der Waals surface area contributed by atoms with Gasteiger partial charge in [0.1, 0.15) is 5.82 Å². The molecule has 0 unspecified atom stereocenters. The SMILES string of the molecule is Cc1nnc2ccc(C(=O)OCC(=O)Nc3ccc(N4CCN(Cc5ccccc5)CC4)cc3)cn12. The second kappa shape index (κ2) is 10.6. The summed E-state index contributed by atoms with van der Waals surface area (Å²) in [6.07, 6.45) is 1.60. The molecular formula is C27H28N6O3. The first-order chi connectivity index (χ1) is 17.5. The normalized spacial score (nSPS) is 14.1. The molecule has 0 aliphatic carbocycles. The standard InChI is InChI=1S/C27H28N6O3/c1-20-29-30-25-12-7-22(18-33(20)25)27(35)36-19-26(34)28-23-8-10-24(11-9-23)32-15-13-31(14-16-32)17-21-5-3-2-4-6-21/h2-12,18H,13-17,19H2,1H3,(H,28,34). The molecule has 5 rings (SSSR count). The fraction of sp³-hybridized carbons (Fsp3) is 0.259. The highest BCUT2D eigenvalue weighted by atomic mass is 16.5. The summed E-state index contributed by atoms with van der Waals surface area (Å²) in [4.78, 5) is 29.5. The third-order valence-corrected chi connectivity index (χ3v) is 6.28. The molecule has 0 bridgehead atoms. The van der Waals surface area contributed by atoms with E-state index in [1.807, 2.05) is 30.3 Å². The fourth-order valence-corrected chi connectivity index (χ4v) is 4.30. The smallest absolute Gasteiger partial charge is 0.340 e. The summed E-state index contributed by atoms with van der Waals surface area (Å²) in [5.74, 6) is -0.316. The number of ether oxygens (including phenoxy) is 1. The number of nitrogens with zero attached hydrogens (tertiary/aromatic N) is 5. The van der Waals surface area contributed by atoms with Crippen LogP contribution in [0.5, 0.6) is 0 Å². The van der Waals surface area contributed by atoms with Gasteiger partial charge in [0.05, 0.1) is 5.56 Å². The van der Waals surface area contributed by atoms with Crippen molar-refractivity contribution in [3.63, 3.8) is 0 Å². The Morgan fingerprint density at radius 1 is 0.917 bits per heavy atom. The summed E-state index contributed by atoms with van der Waals surface area (Å²) in [5, 5.41) is 10.7. The number of esters is 1. The number of hydrogen-bond donors (Lipinski definition) is 1. The third-order valence-electron chi connectivity index (χ3n) is 6.28. The zero-order valence-electron chi connectivity index (χ0n) is 20.1. The van der Waals surface area contributed by atoms with Crippen LogP contribution in [-0.4, -0.2) is 64.2 Å². The Balaban J connectivity index is 1.08. The zero-order valence-corrected chi connectivity index (χ0v) is 20.1. The molecule has 1 fully saturated rings. The van der Waals surface area contributed by atoms with Crippen molar-refractivity contribution in [1.29, 1.82) is 0 Å². The van der Waals surface area contributed by atoms with Crippen molar-refractivity contribution in [2.24, 2.45) is 0 Å². The summed E-state index contributed by atoms with van der Waals surface area (Å²) in [6.45, 7) is 6.30. The average Bonchev–Trinajstić information content (AvgIpc) is 3.29. The van der Waals surface area contributed by atoms with E-state index < -0.39 is 11.9 Å². The molecule has 1 amide bonds. The predicted octanol–water partition coefficient (Wildman–Crippen LogP) is 3.16. The lowest BCUT2D eigenvalue weighted by Gasteiger charge is -2.36. The molecule has 9 heteroatoms. The molecule has 9 nitrogen and oxygen atoms in total. The molecule has 1 saturated heterocycles. The highest BCUT2D eigenvalue weighted by molar-refractivity contribution is 5.95. The van der Waals surface area contributed by atoms with Crippen molar-refractivity contribution < 1.29 is 14.3 Å². The van der Waals surface area contributed by atoms with Crippen LogP contribution < -0.4 is 10.2 Å². The Labute approximate surface area is 209 Å². The topological polar surface area (TPSA) is 92.1 Å². The van der Waals surface area contributed by atoms with Gasteiger partial charge in [-0.3, -0.25) is 14.1 Å². The number of pyridine rings is 1. The van der Waals surface area contributed by atoms with Gasteiger partial charge < -0.3 is 15.0 Å². The Bertz CT molecular complexity index is 1350. The molecule has 184 valence electrons. The quantitative estimate of drug-likeness (QED) is 0.403. The molecule has 2 aromatic carbocycles. The Kier molecular flexibility index (Phi) is 6.90. The molecule has 2 aromatic heterocycles. The predicted molar refractivity (Wildman–Crippen MR) is 137 cm³/mol. The number of benzene rings is 2. The van der Waals surface area contributed by atoms with Gasteiger partial charge in [-0.2, -0.15) is 0 Å². The Morgan fingerprint density at radius 2 is 1.67 bits per heavy atom. The van der Waals surface area contributed by atoms with Crippen molar-refractivity contribution in [3.05, 3.63) is 89.9 Å². The summed E-state index contributed by atoms with van der Waals surface area (Å²) in [6, 6.07) is 21.6. The van der Waals surface area contributed by atoms with Gasteiger partial charge in [0.15, 0.2) is 12.3 Å². The van der Waals surface area contributed by atoms with Gasteiger partial charge in [0.2, 0.25) is 0 Å². The van der Waals surface area contributed by atoms with Gasteiger partial charge >= 0.3 is 5.97 Å². The minimum Gasteiger partial charge on any atom is -0.452 e. The summed E-state index contributed by atoms with van der Waals surface area (Å²) in [7, 11) is 0. The number of aryl methyl sites for hydroxylation is 1. The molecule has 36 heavy (non-hydrogen) atoms. The van der Waals surface area contributed by atoms with Crippen molar-refractivity contribution in [1.82, 2.24) is 19.5 Å². The van der Waals surface area contributed by atoms with E-state index in [0.29, 0.717) is 22.7 Å². The van der Waals surface area contributed by atoms with Crippen molar-refractivity contribution in [3.8, 4) is 0 Å². The van der Waals surface area contributed by atoms with Crippen LogP contribution in [0.2, 0.25) is 0 Å². The average molecular weight is 485 g/mol. The maximum Gasteiger partial charge on any atom is 0.340 e. The van der Waals surface area contributed by atoms with Gasteiger partial charge in [-0.25, -0.2) is 4.79 Å². The lowest BCUT2D eigenvalue weighted by atomic mass is 10.2. The summed E-state index contributed by atoms with van der Waals surface area (Å²) in [5.41, 5.74) is 4.08. The van der Waals surface area contributed by atoms with Gasteiger partial charge in [0.25, 0.3) is 5.91 Å². The highest BCUT2D eigenvalue weighted by Crippen LogP contribution is 2.20. The molecule has 0 spiro atoms. The number of piperazine rings is 1. The first-order valence-electron chi connectivity index (χ1n) is 11.9. The van der Waals surface area contributed by atoms with Crippen molar-refractivity contribution in [2.75, 3.05) is 43.0 Å². The first kappa shape index (κ1) is 23.5. The van der Waals surface area contributed by atoms with E-state index in [2.05, 4.69) is 49.6 Å². The lowest BCUT2D eigenvalue weighted by molar-refractivity contribution is -0.119. The number of anilines is 2. The third kappa shape index (κ3) is 5.52. The van der Waals surface area contributed by atoms with Crippen LogP contribution in [0.4, 0.5) is 11.4 Å². The van der Waals surface area contributed by atoms with Crippen LogP contribution in [0.1, 0.15) is 21.7 Å². The zero-order chi connectivity index (χ0) is 24.9. The van der Waals surface area contributed by atoms with Crippen LogP contribution in [0.3, 0.4) is 0 Å². The number of carbonyl (C=O) groups excluding carboxylic acids is 2. The van der Waals surface area contributed by atoms with E-state index >= 15 is 0 Å². The molecule has 3 heterocycles. The number of nitrogens with one attached hydrogen (secondary N) is 1. The molecular weight excluding hydrogens is 456 g/mol. The maximum atomic E-state index is 12.4. The monoisotopic (exact) mass is 484 g/mol. The van der Waals surface area contributed by atoms with Gasteiger partial charge in [-0.15, -0.1) is 10.2 Å². The van der Waals surface area contributed by atoms with Crippen LogP contribution in [0.15, 0.2) is 72.9 Å². The van der Waals surface area contributed by atoms with E-state index in [0.717, 1.165) is 38.4 Å². The second-order valence-corrected chi connectivity index (χ2v) is 8.81. The van der Waals surface area contributed by atoms with Crippen molar-refractivity contribution in [2.45, 2.75) is 13.5 Å². The number of aromatic nitrogens is 3. The van der Waals surface area contributed by atoms with E-state index in [1.54, 1.807) is 29.7 Å². The van der Waals surface area contributed by atoms with Gasteiger partial charge in [-0.1, -0.05) is 30.3 Å².